The minimum Gasteiger partial charge on any atom is -0.382 e. The number of aryl methyl sites for hydroxylation is 1. The lowest BCUT2D eigenvalue weighted by molar-refractivity contribution is 0.608. The molecule has 1 aromatic carbocycles. The van der Waals surface area contributed by atoms with Gasteiger partial charge in [0, 0.05) is 17.6 Å². The number of anilines is 1. The van der Waals surface area contributed by atoms with E-state index in [0.29, 0.717) is 5.82 Å². The number of aromatic nitrogens is 2. The SMILES string of the molecule is Nc1ccn(CCCSc2ccccc2Cl)n1. The molecule has 0 radical (unpaired) electrons. The number of rotatable bonds is 5. The molecule has 90 valence electrons. The van der Waals surface area contributed by atoms with Gasteiger partial charge in [-0.25, -0.2) is 0 Å². The van der Waals surface area contributed by atoms with E-state index in [1.165, 1.54) is 0 Å². The molecule has 2 aromatic rings. The van der Waals surface area contributed by atoms with Crippen molar-refractivity contribution in [3.05, 3.63) is 41.6 Å². The third-order valence-electron chi connectivity index (χ3n) is 2.29. The first kappa shape index (κ1) is 12.3. The van der Waals surface area contributed by atoms with Crippen LogP contribution in [0, 0.1) is 0 Å². The lowest BCUT2D eigenvalue weighted by Gasteiger charge is -2.04. The Balaban J connectivity index is 1.75. The largest absolute Gasteiger partial charge is 0.382 e. The summed E-state index contributed by atoms with van der Waals surface area (Å²) in [4.78, 5) is 1.13. The van der Waals surface area contributed by atoms with Crippen molar-refractivity contribution >= 4 is 29.2 Å². The summed E-state index contributed by atoms with van der Waals surface area (Å²) in [5.74, 6) is 1.59. The van der Waals surface area contributed by atoms with Gasteiger partial charge in [0.2, 0.25) is 0 Å². The summed E-state index contributed by atoms with van der Waals surface area (Å²) in [6, 6.07) is 9.71. The maximum absolute atomic E-state index is 6.07. The molecule has 5 heteroatoms. The summed E-state index contributed by atoms with van der Waals surface area (Å²) in [6.07, 6.45) is 2.94. The highest BCUT2D eigenvalue weighted by Gasteiger charge is 2.00. The van der Waals surface area contributed by atoms with Gasteiger partial charge in [0.25, 0.3) is 0 Å². The molecule has 0 aliphatic rings. The average molecular weight is 268 g/mol. The first-order valence-electron chi connectivity index (χ1n) is 5.42. The van der Waals surface area contributed by atoms with Crippen molar-refractivity contribution in [2.75, 3.05) is 11.5 Å². The van der Waals surface area contributed by atoms with Crippen LogP contribution in [0.15, 0.2) is 41.4 Å². The Morgan fingerprint density at radius 1 is 1.29 bits per heavy atom. The van der Waals surface area contributed by atoms with E-state index in [9.17, 15) is 0 Å². The number of nitrogen functional groups attached to an aromatic ring is 1. The second kappa shape index (κ2) is 5.98. The molecule has 1 heterocycles. The molecule has 17 heavy (non-hydrogen) atoms. The zero-order chi connectivity index (χ0) is 12.1. The number of halogens is 1. The molecule has 2 rings (SSSR count). The fourth-order valence-electron chi connectivity index (χ4n) is 1.47. The zero-order valence-corrected chi connectivity index (χ0v) is 10.9. The molecule has 0 saturated carbocycles. The lowest BCUT2D eigenvalue weighted by atomic mass is 10.4. The van der Waals surface area contributed by atoms with E-state index in [1.54, 1.807) is 17.8 Å². The normalized spacial score (nSPS) is 10.6. The summed E-state index contributed by atoms with van der Waals surface area (Å²) >= 11 is 7.84. The van der Waals surface area contributed by atoms with Crippen LogP contribution < -0.4 is 5.73 Å². The van der Waals surface area contributed by atoms with Gasteiger partial charge in [0.05, 0.1) is 5.02 Å². The topological polar surface area (TPSA) is 43.8 Å². The molecule has 0 saturated heterocycles. The van der Waals surface area contributed by atoms with Crippen molar-refractivity contribution in [2.45, 2.75) is 17.9 Å². The third kappa shape index (κ3) is 3.68. The van der Waals surface area contributed by atoms with Crippen molar-refractivity contribution in [2.24, 2.45) is 0 Å². The summed E-state index contributed by atoms with van der Waals surface area (Å²) < 4.78 is 1.86. The molecule has 0 atom stereocenters. The van der Waals surface area contributed by atoms with Gasteiger partial charge in [-0.1, -0.05) is 23.7 Å². The Hall–Kier alpha value is -1.13. The minimum atomic E-state index is 0.573. The van der Waals surface area contributed by atoms with Crippen LogP contribution in [0.4, 0.5) is 5.82 Å². The Morgan fingerprint density at radius 3 is 2.82 bits per heavy atom. The number of nitrogens with zero attached hydrogens (tertiary/aromatic N) is 2. The first-order valence-corrected chi connectivity index (χ1v) is 6.78. The molecule has 0 unspecified atom stereocenters. The molecular formula is C12H14ClN3S. The van der Waals surface area contributed by atoms with Crippen LogP contribution in [-0.2, 0) is 6.54 Å². The molecule has 2 N–H and O–H groups in total. The van der Waals surface area contributed by atoms with Crippen LogP contribution in [0.25, 0.3) is 0 Å². The van der Waals surface area contributed by atoms with Gasteiger partial charge in [0.1, 0.15) is 5.82 Å². The van der Waals surface area contributed by atoms with Gasteiger partial charge in [0.15, 0.2) is 0 Å². The van der Waals surface area contributed by atoms with Crippen molar-refractivity contribution in [3.63, 3.8) is 0 Å². The van der Waals surface area contributed by atoms with Crippen LogP contribution in [0.5, 0.6) is 0 Å². The predicted octanol–water partition coefficient (Wildman–Crippen LogP) is 3.30. The van der Waals surface area contributed by atoms with E-state index < -0.39 is 0 Å². The van der Waals surface area contributed by atoms with Gasteiger partial charge in [-0.15, -0.1) is 11.8 Å². The maximum Gasteiger partial charge on any atom is 0.145 e. The number of hydrogen-bond acceptors (Lipinski definition) is 3. The maximum atomic E-state index is 6.07. The number of nitrogens with two attached hydrogens (primary N) is 1. The highest BCUT2D eigenvalue weighted by atomic mass is 35.5. The third-order valence-corrected chi connectivity index (χ3v) is 3.89. The second-order valence-corrected chi connectivity index (χ2v) is 5.18. The zero-order valence-electron chi connectivity index (χ0n) is 9.34. The summed E-state index contributed by atoms with van der Waals surface area (Å²) in [5.41, 5.74) is 5.54. The molecular weight excluding hydrogens is 254 g/mol. The Labute approximate surface area is 110 Å². The lowest BCUT2D eigenvalue weighted by Crippen LogP contribution is -2.00. The monoisotopic (exact) mass is 267 g/mol. The van der Waals surface area contributed by atoms with E-state index in [0.717, 1.165) is 28.6 Å². The Kier molecular flexibility index (Phi) is 4.34. The molecule has 0 fully saturated rings. The van der Waals surface area contributed by atoms with Gasteiger partial charge in [-0.2, -0.15) is 5.10 Å². The van der Waals surface area contributed by atoms with Crippen LogP contribution in [0.1, 0.15) is 6.42 Å². The van der Waals surface area contributed by atoms with E-state index in [4.69, 9.17) is 17.3 Å². The molecule has 0 spiro atoms. The molecule has 0 amide bonds. The summed E-state index contributed by atoms with van der Waals surface area (Å²) in [6.45, 7) is 0.884. The second-order valence-electron chi connectivity index (χ2n) is 3.64. The Bertz CT molecular complexity index is 484. The average Bonchev–Trinajstić information content (AvgIpc) is 2.73. The molecule has 0 bridgehead atoms. The Morgan fingerprint density at radius 2 is 2.12 bits per heavy atom. The standard InChI is InChI=1S/C12H14ClN3S/c13-10-4-1-2-5-11(10)17-9-3-7-16-8-6-12(14)15-16/h1-2,4-6,8H,3,7,9H2,(H2,14,15). The van der Waals surface area contributed by atoms with Crippen LogP contribution in [0.2, 0.25) is 5.02 Å². The van der Waals surface area contributed by atoms with Gasteiger partial charge in [-0.05, 0) is 30.4 Å². The number of thioether (sulfide) groups is 1. The van der Waals surface area contributed by atoms with Gasteiger partial charge >= 0.3 is 0 Å². The molecule has 3 nitrogen and oxygen atoms in total. The van der Waals surface area contributed by atoms with Crippen LogP contribution in [-0.4, -0.2) is 15.5 Å². The minimum absolute atomic E-state index is 0.573. The highest BCUT2D eigenvalue weighted by Crippen LogP contribution is 2.26. The fourth-order valence-corrected chi connectivity index (χ4v) is 2.65. The fraction of sp³-hybridized carbons (Fsp3) is 0.250. The molecule has 0 aliphatic carbocycles. The van der Waals surface area contributed by atoms with Crippen molar-refractivity contribution in [1.82, 2.24) is 9.78 Å². The quantitative estimate of drug-likeness (QED) is 0.668. The van der Waals surface area contributed by atoms with Crippen molar-refractivity contribution in [1.29, 1.82) is 0 Å². The van der Waals surface area contributed by atoms with Gasteiger partial charge < -0.3 is 5.73 Å². The van der Waals surface area contributed by atoms with Gasteiger partial charge in [-0.3, -0.25) is 4.68 Å². The van der Waals surface area contributed by atoms with E-state index in [1.807, 2.05) is 35.1 Å². The van der Waals surface area contributed by atoms with Crippen LogP contribution >= 0.6 is 23.4 Å². The number of benzene rings is 1. The van der Waals surface area contributed by atoms with E-state index in [-0.39, 0.29) is 0 Å². The smallest absolute Gasteiger partial charge is 0.145 e. The van der Waals surface area contributed by atoms with E-state index >= 15 is 0 Å². The first-order chi connectivity index (χ1) is 8.25. The molecule has 1 aromatic heterocycles. The predicted molar refractivity (Wildman–Crippen MR) is 73.4 cm³/mol. The highest BCUT2D eigenvalue weighted by molar-refractivity contribution is 7.99. The van der Waals surface area contributed by atoms with Crippen molar-refractivity contribution < 1.29 is 0 Å². The van der Waals surface area contributed by atoms with Crippen molar-refractivity contribution in [3.8, 4) is 0 Å². The molecule has 0 aliphatic heterocycles. The van der Waals surface area contributed by atoms with Crippen LogP contribution in [0.3, 0.4) is 0 Å². The summed E-state index contributed by atoms with van der Waals surface area (Å²) in [5, 5.41) is 4.95. The van der Waals surface area contributed by atoms with E-state index in [2.05, 4.69) is 5.10 Å². The summed E-state index contributed by atoms with van der Waals surface area (Å²) in [7, 11) is 0. The number of hydrogen-bond donors (Lipinski definition) is 1.